The number of furan rings is 1. The first-order valence-corrected chi connectivity index (χ1v) is 10.9. The van der Waals surface area contributed by atoms with E-state index in [0.717, 1.165) is 4.47 Å². The third kappa shape index (κ3) is 3.28. The number of hydrogen-bond donors (Lipinski definition) is 1. The first kappa shape index (κ1) is 19.7. The molecule has 5 rings (SSSR count). The first-order chi connectivity index (χ1) is 14.9. The number of carbonyl (C=O) groups excluding carboxylic acids is 2. The Morgan fingerprint density at radius 1 is 1.13 bits per heavy atom. The Bertz CT molecular complexity index is 1360. The lowest BCUT2D eigenvalue weighted by molar-refractivity contribution is -0.117. The van der Waals surface area contributed by atoms with Crippen molar-refractivity contribution in [2.75, 3.05) is 4.90 Å². The highest BCUT2D eigenvalue weighted by atomic mass is 79.9. The van der Waals surface area contributed by atoms with Crippen LogP contribution in [0, 0.1) is 5.82 Å². The summed E-state index contributed by atoms with van der Waals surface area (Å²) >= 11 is 4.73. The highest BCUT2D eigenvalue weighted by molar-refractivity contribution is 9.10. The molecule has 0 spiro atoms. The predicted octanol–water partition coefficient (Wildman–Crippen LogP) is 6.18. The number of anilines is 1. The van der Waals surface area contributed by atoms with Crippen molar-refractivity contribution in [1.29, 1.82) is 0 Å². The summed E-state index contributed by atoms with van der Waals surface area (Å²) in [5, 5.41) is 13.2. The quantitative estimate of drug-likeness (QED) is 0.341. The number of rotatable bonds is 4. The fraction of sp³-hybridized carbons (Fsp3) is 0.0435. The number of hydrogen-bond acceptors (Lipinski definition) is 5. The van der Waals surface area contributed by atoms with Crippen LogP contribution in [0.2, 0.25) is 0 Å². The van der Waals surface area contributed by atoms with Gasteiger partial charge in [0.05, 0.1) is 5.57 Å². The number of nitrogens with zero attached hydrogens (tertiary/aromatic N) is 1. The van der Waals surface area contributed by atoms with Crippen molar-refractivity contribution in [2.24, 2.45) is 0 Å². The fourth-order valence-corrected chi connectivity index (χ4v) is 4.88. The van der Waals surface area contributed by atoms with E-state index in [4.69, 9.17) is 4.42 Å². The van der Waals surface area contributed by atoms with E-state index >= 15 is 0 Å². The molecule has 1 unspecified atom stereocenters. The summed E-state index contributed by atoms with van der Waals surface area (Å²) in [4.78, 5) is 28.4. The number of carbonyl (C=O) groups is 2. The summed E-state index contributed by atoms with van der Waals surface area (Å²) < 4.78 is 20.0. The van der Waals surface area contributed by atoms with Gasteiger partial charge in [-0.3, -0.25) is 14.5 Å². The molecule has 2 aromatic carbocycles. The van der Waals surface area contributed by atoms with Gasteiger partial charge in [-0.05, 0) is 60.0 Å². The van der Waals surface area contributed by atoms with Crippen molar-refractivity contribution in [1.82, 2.24) is 0 Å². The van der Waals surface area contributed by atoms with Crippen LogP contribution in [0.25, 0.3) is 11.0 Å². The summed E-state index contributed by atoms with van der Waals surface area (Å²) in [5.41, 5.74) is 0.807. The average molecular weight is 498 g/mol. The molecule has 1 amide bonds. The van der Waals surface area contributed by atoms with E-state index in [1.54, 1.807) is 30.3 Å². The van der Waals surface area contributed by atoms with E-state index in [-0.39, 0.29) is 11.3 Å². The van der Waals surface area contributed by atoms with Gasteiger partial charge in [0.2, 0.25) is 5.78 Å². The molecule has 2 aromatic heterocycles. The molecule has 5 nitrogen and oxygen atoms in total. The summed E-state index contributed by atoms with van der Waals surface area (Å²) in [6.45, 7) is 0. The molecule has 8 heteroatoms. The average Bonchev–Trinajstić information content (AvgIpc) is 3.47. The van der Waals surface area contributed by atoms with Gasteiger partial charge in [0.1, 0.15) is 17.4 Å². The van der Waals surface area contributed by atoms with Gasteiger partial charge < -0.3 is 9.52 Å². The molecule has 0 fully saturated rings. The second-order valence-electron chi connectivity index (χ2n) is 6.95. The summed E-state index contributed by atoms with van der Waals surface area (Å²) in [7, 11) is 0. The second-order valence-corrected chi connectivity index (χ2v) is 8.85. The topological polar surface area (TPSA) is 70.8 Å². The van der Waals surface area contributed by atoms with Crippen LogP contribution in [-0.4, -0.2) is 16.8 Å². The van der Waals surface area contributed by atoms with E-state index in [9.17, 15) is 19.1 Å². The monoisotopic (exact) mass is 497 g/mol. The van der Waals surface area contributed by atoms with Gasteiger partial charge in [0, 0.05) is 20.4 Å². The van der Waals surface area contributed by atoms with E-state index in [2.05, 4.69) is 15.9 Å². The zero-order chi connectivity index (χ0) is 21.7. The van der Waals surface area contributed by atoms with Crippen molar-refractivity contribution in [2.45, 2.75) is 6.04 Å². The van der Waals surface area contributed by atoms with Gasteiger partial charge in [-0.2, -0.15) is 0 Å². The zero-order valence-corrected chi connectivity index (χ0v) is 18.1. The smallest absolute Gasteiger partial charge is 0.294 e. The van der Waals surface area contributed by atoms with Crippen LogP contribution in [0.5, 0.6) is 0 Å². The molecule has 1 aliphatic rings. The molecule has 0 aliphatic carbocycles. The van der Waals surface area contributed by atoms with Crippen LogP contribution in [0.3, 0.4) is 0 Å². The van der Waals surface area contributed by atoms with Gasteiger partial charge in [0.15, 0.2) is 11.5 Å². The molecule has 0 saturated carbocycles. The molecule has 3 heterocycles. The molecule has 31 heavy (non-hydrogen) atoms. The molecule has 1 N–H and O–H groups in total. The minimum atomic E-state index is -0.856. The third-order valence-corrected chi connectivity index (χ3v) is 6.49. The van der Waals surface area contributed by atoms with E-state index in [0.29, 0.717) is 21.5 Å². The maximum atomic E-state index is 13.4. The minimum Gasteiger partial charge on any atom is -0.503 e. The number of amides is 1. The highest BCUT2D eigenvalue weighted by Crippen LogP contribution is 2.43. The molecule has 154 valence electrons. The summed E-state index contributed by atoms with van der Waals surface area (Å²) in [5.74, 6) is -2.39. The first-order valence-electron chi connectivity index (χ1n) is 9.23. The lowest BCUT2D eigenvalue weighted by Crippen LogP contribution is -2.30. The van der Waals surface area contributed by atoms with Crippen molar-refractivity contribution in [3.8, 4) is 0 Å². The normalized spacial score (nSPS) is 16.5. The van der Waals surface area contributed by atoms with Gasteiger partial charge in [-0.1, -0.05) is 22.0 Å². The number of Topliss-reactive ketones (excluding diaryl/α,β-unsaturated/α-hetero) is 1. The van der Waals surface area contributed by atoms with Crippen molar-refractivity contribution in [3.05, 3.63) is 98.3 Å². The Kier molecular flexibility index (Phi) is 4.75. The molecule has 0 saturated heterocycles. The van der Waals surface area contributed by atoms with Gasteiger partial charge >= 0.3 is 0 Å². The van der Waals surface area contributed by atoms with Crippen LogP contribution in [-0.2, 0) is 4.79 Å². The largest absolute Gasteiger partial charge is 0.503 e. The molecule has 0 radical (unpaired) electrons. The number of ketones is 1. The number of thiophene rings is 1. The predicted molar refractivity (Wildman–Crippen MR) is 119 cm³/mol. The lowest BCUT2D eigenvalue weighted by Gasteiger charge is -2.25. The summed E-state index contributed by atoms with van der Waals surface area (Å²) in [6.07, 6.45) is 0. The summed E-state index contributed by atoms with van der Waals surface area (Å²) in [6, 6.07) is 15.0. The number of halogens is 2. The third-order valence-electron chi connectivity index (χ3n) is 5.07. The standard InChI is InChI=1S/C23H13BrFNO4S/c24-13-3-8-16-12(10-13)11-17(30-16)21(27)19-20(18-2-1-9-31-18)26(23(29)22(19)28)15-6-4-14(25)5-7-15/h1-11,20,28H. The lowest BCUT2D eigenvalue weighted by atomic mass is 10.00. The Labute approximate surface area is 188 Å². The molecular formula is C23H13BrFNO4S. The maximum Gasteiger partial charge on any atom is 0.294 e. The van der Waals surface area contributed by atoms with Crippen LogP contribution < -0.4 is 4.90 Å². The minimum absolute atomic E-state index is 0.0185. The fourth-order valence-electron chi connectivity index (χ4n) is 3.68. The van der Waals surface area contributed by atoms with Gasteiger partial charge in [-0.25, -0.2) is 4.39 Å². The zero-order valence-electron chi connectivity index (χ0n) is 15.7. The maximum absolute atomic E-state index is 13.4. The molecule has 4 aromatic rings. The molecule has 0 bridgehead atoms. The van der Waals surface area contributed by atoms with Crippen LogP contribution >= 0.6 is 27.3 Å². The number of benzene rings is 2. The van der Waals surface area contributed by atoms with Crippen molar-refractivity contribution in [3.63, 3.8) is 0 Å². The Morgan fingerprint density at radius 3 is 2.61 bits per heavy atom. The number of aliphatic hydroxyl groups is 1. The molecular weight excluding hydrogens is 485 g/mol. The Balaban J connectivity index is 1.63. The highest BCUT2D eigenvalue weighted by Gasteiger charge is 2.45. The Morgan fingerprint density at radius 2 is 1.90 bits per heavy atom. The van der Waals surface area contributed by atoms with E-state index < -0.39 is 29.3 Å². The van der Waals surface area contributed by atoms with E-state index in [1.807, 2.05) is 11.4 Å². The Hall–Kier alpha value is -3.23. The van der Waals surface area contributed by atoms with Crippen LogP contribution in [0.4, 0.5) is 10.1 Å². The number of aliphatic hydroxyl groups excluding tert-OH is 1. The SMILES string of the molecule is O=C(C1=C(O)C(=O)N(c2ccc(F)cc2)C1c1cccs1)c1cc2cc(Br)ccc2o1. The van der Waals surface area contributed by atoms with Crippen molar-refractivity contribution < 1.29 is 23.5 Å². The van der Waals surface area contributed by atoms with Gasteiger partial charge in [0.25, 0.3) is 5.91 Å². The van der Waals surface area contributed by atoms with Crippen molar-refractivity contribution >= 4 is 55.6 Å². The van der Waals surface area contributed by atoms with Crippen LogP contribution in [0.15, 0.2) is 86.3 Å². The molecule has 1 atom stereocenters. The molecule has 1 aliphatic heterocycles. The number of fused-ring (bicyclic) bond motifs is 1. The van der Waals surface area contributed by atoms with Gasteiger partial charge in [-0.15, -0.1) is 11.3 Å². The van der Waals surface area contributed by atoms with E-state index in [1.165, 1.54) is 40.5 Å². The second kappa shape index (κ2) is 7.47. The van der Waals surface area contributed by atoms with Crippen LogP contribution in [0.1, 0.15) is 21.5 Å².